The van der Waals surface area contributed by atoms with Crippen LogP contribution in [-0.4, -0.2) is 19.5 Å². The Balaban J connectivity index is 1.92. The number of aryl methyl sites for hydroxylation is 1. The van der Waals surface area contributed by atoms with Crippen LogP contribution in [0.2, 0.25) is 0 Å². The molecule has 2 aliphatic rings. The molecular weight excluding hydrogens is 236 g/mol. The van der Waals surface area contributed by atoms with Gasteiger partial charge in [-0.15, -0.1) is 0 Å². The summed E-state index contributed by atoms with van der Waals surface area (Å²) >= 11 is 0. The molecule has 2 N–H and O–H groups in total. The monoisotopic (exact) mass is 258 g/mol. The number of benzene rings is 1. The summed E-state index contributed by atoms with van der Waals surface area (Å²) < 4.78 is 0. The van der Waals surface area contributed by atoms with Crippen LogP contribution in [0.25, 0.3) is 0 Å². The van der Waals surface area contributed by atoms with Gasteiger partial charge in [0, 0.05) is 18.2 Å². The van der Waals surface area contributed by atoms with E-state index in [1.165, 1.54) is 30.4 Å². The highest BCUT2D eigenvalue weighted by Gasteiger charge is 2.28. The highest BCUT2D eigenvalue weighted by molar-refractivity contribution is 5.96. The summed E-state index contributed by atoms with van der Waals surface area (Å²) in [5.41, 5.74) is 3.35. The van der Waals surface area contributed by atoms with E-state index in [9.17, 15) is 4.79 Å². The van der Waals surface area contributed by atoms with Crippen molar-refractivity contribution < 1.29 is 4.79 Å². The molecule has 1 aromatic rings. The van der Waals surface area contributed by atoms with E-state index in [-0.39, 0.29) is 5.91 Å². The molecule has 102 valence electrons. The first kappa shape index (κ1) is 12.7. The summed E-state index contributed by atoms with van der Waals surface area (Å²) in [5.74, 6) is 0.828. The van der Waals surface area contributed by atoms with Gasteiger partial charge >= 0.3 is 0 Å². The molecule has 1 saturated carbocycles. The average Bonchev–Trinajstić information content (AvgIpc) is 2.55. The summed E-state index contributed by atoms with van der Waals surface area (Å²) in [7, 11) is 2.02. The van der Waals surface area contributed by atoms with Gasteiger partial charge in [0.2, 0.25) is 0 Å². The van der Waals surface area contributed by atoms with Crippen LogP contribution in [0.5, 0.6) is 0 Å². The summed E-state index contributed by atoms with van der Waals surface area (Å²) in [6.45, 7) is 0.793. The predicted octanol–water partition coefficient (Wildman–Crippen LogP) is 2.42. The van der Waals surface area contributed by atoms with Crippen LogP contribution in [-0.2, 0) is 6.42 Å². The van der Waals surface area contributed by atoms with Crippen molar-refractivity contribution in [3.63, 3.8) is 0 Å². The molecule has 1 heterocycles. The Morgan fingerprint density at radius 2 is 2.16 bits per heavy atom. The number of amides is 1. The summed E-state index contributed by atoms with van der Waals surface area (Å²) in [5, 5.41) is 6.41. The van der Waals surface area contributed by atoms with E-state index in [1.54, 1.807) is 0 Å². The van der Waals surface area contributed by atoms with Gasteiger partial charge in [-0.2, -0.15) is 0 Å². The number of hydrogen-bond donors (Lipinski definition) is 2. The first-order chi connectivity index (χ1) is 9.29. The molecule has 1 aromatic carbocycles. The highest BCUT2D eigenvalue weighted by Crippen LogP contribution is 2.38. The van der Waals surface area contributed by atoms with Gasteiger partial charge in [0.05, 0.1) is 0 Å². The van der Waals surface area contributed by atoms with Crippen LogP contribution >= 0.6 is 0 Å². The Morgan fingerprint density at radius 3 is 2.84 bits per heavy atom. The molecule has 0 radical (unpaired) electrons. The number of rotatable bonds is 3. The van der Waals surface area contributed by atoms with Crippen LogP contribution in [0, 0.1) is 5.92 Å². The quantitative estimate of drug-likeness (QED) is 0.874. The third-order valence-electron chi connectivity index (χ3n) is 4.58. The molecule has 1 atom stereocenters. The smallest absolute Gasteiger partial charge is 0.251 e. The summed E-state index contributed by atoms with van der Waals surface area (Å²) in [4.78, 5) is 12.1. The second kappa shape index (κ2) is 5.33. The predicted molar refractivity (Wildman–Crippen MR) is 76.2 cm³/mol. The van der Waals surface area contributed by atoms with E-state index in [0.29, 0.717) is 6.04 Å². The van der Waals surface area contributed by atoms with E-state index < -0.39 is 0 Å². The topological polar surface area (TPSA) is 41.1 Å². The van der Waals surface area contributed by atoms with Crippen molar-refractivity contribution in [2.24, 2.45) is 5.92 Å². The third-order valence-corrected chi connectivity index (χ3v) is 4.58. The minimum atomic E-state index is 0.0952. The van der Waals surface area contributed by atoms with Crippen molar-refractivity contribution >= 4 is 5.91 Å². The molecular formula is C16H22N2O. The number of carbonyl (C=O) groups is 1. The number of nitrogens with one attached hydrogen (secondary N) is 2. The summed E-state index contributed by atoms with van der Waals surface area (Å²) in [6, 6.07) is 6.86. The van der Waals surface area contributed by atoms with E-state index in [0.717, 1.165) is 30.9 Å². The number of carbonyl (C=O) groups excluding carboxylic acids is 1. The standard InChI is InChI=1S/C16H22N2O/c1-17-15(12-4-2-5-12)13-8-7-11-6-3-9-18-16(19)14(11)10-13/h7-8,10,12,15,17H,2-6,9H2,1H3,(H,18,19). The zero-order valence-electron chi connectivity index (χ0n) is 11.5. The van der Waals surface area contributed by atoms with Gasteiger partial charge in [-0.25, -0.2) is 0 Å². The maximum atomic E-state index is 12.1. The van der Waals surface area contributed by atoms with Crippen molar-refractivity contribution in [2.75, 3.05) is 13.6 Å². The van der Waals surface area contributed by atoms with Crippen LogP contribution < -0.4 is 10.6 Å². The van der Waals surface area contributed by atoms with Crippen molar-refractivity contribution in [3.05, 3.63) is 34.9 Å². The molecule has 1 fully saturated rings. The molecule has 3 rings (SSSR count). The third kappa shape index (κ3) is 2.39. The molecule has 0 aromatic heterocycles. The molecule has 3 heteroatoms. The number of fused-ring (bicyclic) bond motifs is 1. The van der Waals surface area contributed by atoms with Gasteiger partial charge in [-0.05, 0) is 55.8 Å². The van der Waals surface area contributed by atoms with Gasteiger partial charge in [0.1, 0.15) is 0 Å². The van der Waals surface area contributed by atoms with Crippen molar-refractivity contribution in [1.82, 2.24) is 10.6 Å². The molecule has 1 aliphatic carbocycles. The average molecular weight is 258 g/mol. The molecule has 1 amide bonds. The molecule has 3 nitrogen and oxygen atoms in total. The Bertz CT molecular complexity index is 480. The molecule has 1 unspecified atom stereocenters. The Kier molecular flexibility index (Phi) is 3.56. The van der Waals surface area contributed by atoms with Crippen LogP contribution in [0.3, 0.4) is 0 Å². The lowest BCUT2D eigenvalue weighted by atomic mass is 9.77. The molecule has 1 aliphatic heterocycles. The normalized spacial score (nSPS) is 21.0. The second-order valence-corrected chi connectivity index (χ2v) is 5.73. The Hall–Kier alpha value is -1.35. The lowest BCUT2D eigenvalue weighted by Gasteiger charge is -2.34. The Morgan fingerprint density at radius 1 is 1.32 bits per heavy atom. The lowest BCUT2D eigenvalue weighted by molar-refractivity contribution is 0.0956. The lowest BCUT2D eigenvalue weighted by Crippen LogP contribution is -2.30. The van der Waals surface area contributed by atoms with E-state index in [1.807, 2.05) is 7.05 Å². The molecule has 0 bridgehead atoms. The first-order valence-corrected chi connectivity index (χ1v) is 7.38. The van der Waals surface area contributed by atoms with Gasteiger partial charge < -0.3 is 10.6 Å². The van der Waals surface area contributed by atoms with E-state index in [4.69, 9.17) is 0 Å². The fourth-order valence-electron chi connectivity index (χ4n) is 3.24. The van der Waals surface area contributed by atoms with Gasteiger partial charge in [0.15, 0.2) is 0 Å². The largest absolute Gasteiger partial charge is 0.352 e. The minimum Gasteiger partial charge on any atom is -0.352 e. The van der Waals surface area contributed by atoms with Gasteiger partial charge in [-0.1, -0.05) is 18.6 Å². The zero-order chi connectivity index (χ0) is 13.2. The number of hydrogen-bond acceptors (Lipinski definition) is 2. The van der Waals surface area contributed by atoms with Crippen molar-refractivity contribution in [1.29, 1.82) is 0 Å². The second-order valence-electron chi connectivity index (χ2n) is 5.73. The molecule has 19 heavy (non-hydrogen) atoms. The van der Waals surface area contributed by atoms with E-state index in [2.05, 4.69) is 28.8 Å². The van der Waals surface area contributed by atoms with E-state index >= 15 is 0 Å². The zero-order valence-corrected chi connectivity index (χ0v) is 11.5. The minimum absolute atomic E-state index is 0.0952. The van der Waals surface area contributed by atoms with Gasteiger partial charge in [-0.3, -0.25) is 4.79 Å². The first-order valence-electron chi connectivity index (χ1n) is 7.38. The maximum Gasteiger partial charge on any atom is 0.251 e. The fraction of sp³-hybridized carbons (Fsp3) is 0.562. The highest BCUT2D eigenvalue weighted by atomic mass is 16.1. The maximum absolute atomic E-state index is 12.1. The van der Waals surface area contributed by atoms with Crippen LogP contribution in [0.1, 0.15) is 53.2 Å². The summed E-state index contributed by atoms with van der Waals surface area (Å²) in [6.07, 6.45) is 5.98. The van der Waals surface area contributed by atoms with Crippen LogP contribution in [0.15, 0.2) is 18.2 Å². The molecule has 0 spiro atoms. The SMILES string of the molecule is CNC(c1ccc2c(c1)C(=O)NCCC2)C1CCC1. The van der Waals surface area contributed by atoms with Crippen molar-refractivity contribution in [3.8, 4) is 0 Å². The Labute approximate surface area is 114 Å². The van der Waals surface area contributed by atoms with Crippen molar-refractivity contribution in [2.45, 2.75) is 38.1 Å². The molecule has 0 saturated heterocycles. The van der Waals surface area contributed by atoms with Gasteiger partial charge in [0.25, 0.3) is 5.91 Å². The fourth-order valence-corrected chi connectivity index (χ4v) is 3.24. The van der Waals surface area contributed by atoms with Crippen LogP contribution in [0.4, 0.5) is 0 Å².